The van der Waals surface area contributed by atoms with Crippen molar-refractivity contribution in [2.75, 3.05) is 25.2 Å². The molecule has 0 heterocycles. The van der Waals surface area contributed by atoms with Crippen LogP contribution in [-0.2, 0) is 30.2 Å². The van der Waals surface area contributed by atoms with Crippen molar-refractivity contribution in [3.8, 4) is 5.75 Å². The van der Waals surface area contributed by atoms with Gasteiger partial charge < -0.3 is 19.4 Å². The highest BCUT2D eigenvalue weighted by atomic mass is 32.2. The number of hydrogen-bond donors (Lipinski definition) is 2. The minimum atomic E-state index is -0.769. The van der Waals surface area contributed by atoms with Crippen molar-refractivity contribution >= 4 is 43.3 Å². The van der Waals surface area contributed by atoms with Gasteiger partial charge in [-0.15, -0.1) is 6.58 Å². The molecule has 1 radical (unpaired) electrons. The summed E-state index contributed by atoms with van der Waals surface area (Å²) in [5.41, 5.74) is 0.854. The molecule has 0 unspecified atom stereocenters. The Morgan fingerprint density at radius 1 is 1.16 bits per heavy atom. The van der Waals surface area contributed by atoms with E-state index in [1.54, 1.807) is 24.3 Å². The fourth-order valence-electron chi connectivity index (χ4n) is 3.54. The van der Waals surface area contributed by atoms with Crippen molar-refractivity contribution in [2.45, 2.75) is 45.0 Å². The first-order valence-electron chi connectivity index (χ1n) is 12.2. The van der Waals surface area contributed by atoms with E-state index >= 15 is 0 Å². The minimum Gasteiger partial charge on any atom is -0.555 e. The van der Waals surface area contributed by atoms with Crippen LogP contribution in [0.5, 0.6) is 5.75 Å². The van der Waals surface area contributed by atoms with E-state index in [1.165, 1.54) is 26.4 Å². The molecule has 0 aliphatic heterocycles. The number of benzene rings is 1. The van der Waals surface area contributed by atoms with Crippen LogP contribution in [0.3, 0.4) is 0 Å². The second kappa shape index (κ2) is 18.3. The molecule has 1 aromatic carbocycles. The van der Waals surface area contributed by atoms with E-state index in [0.29, 0.717) is 36.7 Å². The Morgan fingerprint density at radius 3 is 2.43 bits per heavy atom. The smallest absolute Gasteiger partial charge is 0.384 e. The molecule has 8 nitrogen and oxygen atoms in total. The van der Waals surface area contributed by atoms with Crippen molar-refractivity contribution in [3.63, 3.8) is 0 Å². The zero-order valence-electron chi connectivity index (χ0n) is 21.9. The molecule has 10 heteroatoms. The van der Waals surface area contributed by atoms with Gasteiger partial charge in [0.15, 0.2) is 5.78 Å². The second-order valence-corrected chi connectivity index (χ2v) is 9.93. The number of nitrogens with one attached hydrogen (secondary N) is 2. The number of methoxy groups -OCH3 is 1. The van der Waals surface area contributed by atoms with E-state index < -0.39 is 29.7 Å². The molecular weight excluding hydrogens is 491 g/mol. The van der Waals surface area contributed by atoms with Crippen LogP contribution in [-0.4, -0.2) is 62.8 Å². The molecule has 0 aromatic heterocycles. The Labute approximate surface area is 225 Å². The van der Waals surface area contributed by atoms with Crippen LogP contribution < -0.4 is 10.1 Å². The summed E-state index contributed by atoms with van der Waals surface area (Å²) >= 11 is 1.49. The zero-order valence-corrected chi connectivity index (χ0v) is 22.8. The van der Waals surface area contributed by atoms with Crippen molar-refractivity contribution in [1.29, 1.82) is 5.41 Å². The highest BCUT2D eigenvalue weighted by Crippen LogP contribution is 2.21. The van der Waals surface area contributed by atoms with Gasteiger partial charge in [0, 0.05) is 17.9 Å². The monoisotopic (exact) mass is 529 g/mol. The normalized spacial score (nSPS) is 13.0. The molecule has 3 atom stereocenters. The fraction of sp³-hybridized carbons (Fsp3) is 0.481. The molecule has 37 heavy (non-hydrogen) atoms. The third-order valence-electron chi connectivity index (χ3n) is 5.34. The molecule has 0 spiro atoms. The largest absolute Gasteiger partial charge is 0.555 e. The van der Waals surface area contributed by atoms with Gasteiger partial charge in [-0.25, -0.2) is 0 Å². The van der Waals surface area contributed by atoms with Crippen molar-refractivity contribution < 1.29 is 28.5 Å². The molecule has 0 aliphatic rings. The van der Waals surface area contributed by atoms with Crippen LogP contribution in [0.4, 0.5) is 0 Å². The highest BCUT2D eigenvalue weighted by molar-refractivity contribution is 7.99. The predicted molar refractivity (Wildman–Crippen MR) is 149 cm³/mol. The van der Waals surface area contributed by atoms with Gasteiger partial charge >= 0.3 is 13.5 Å². The van der Waals surface area contributed by atoms with Crippen LogP contribution in [0, 0.1) is 17.2 Å². The van der Waals surface area contributed by atoms with Crippen LogP contribution in [0.2, 0.25) is 5.82 Å². The molecular formula is C27H38BN2O6S. The van der Waals surface area contributed by atoms with Crippen LogP contribution in [0.25, 0.3) is 0 Å². The number of carbonyl (C=O) groups is 3. The first-order valence-corrected chi connectivity index (χ1v) is 13.3. The molecule has 2 N–H and O–H groups in total. The Balaban J connectivity index is 2.98. The Morgan fingerprint density at radius 2 is 1.86 bits per heavy atom. The number of rotatable bonds is 20. The Kier molecular flexibility index (Phi) is 15.8. The van der Waals surface area contributed by atoms with Crippen molar-refractivity contribution in [2.24, 2.45) is 11.8 Å². The van der Waals surface area contributed by atoms with Crippen LogP contribution >= 0.6 is 11.8 Å². The molecule has 1 rings (SSSR count). The van der Waals surface area contributed by atoms with Gasteiger partial charge in [0.05, 0.1) is 24.9 Å². The lowest BCUT2D eigenvalue weighted by Crippen LogP contribution is -2.45. The maximum absolute atomic E-state index is 13.3. The molecule has 0 bridgehead atoms. The Hall–Kier alpha value is -3.01. The summed E-state index contributed by atoms with van der Waals surface area (Å²) in [7, 11) is 2.58. The van der Waals surface area contributed by atoms with Crippen LogP contribution in [0.1, 0.15) is 32.3 Å². The van der Waals surface area contributed by atoms with E-state index in [-0.39, 0.29) is 18.1 Å². The van der Waals surface area contributed by atoms with Gasteiger partial charge in [0.1, 0.15) is 18.8 Å². The third kappa shape index (κ3) is 12.7. The maximum Gasteiger partial charge on any atom is 0.384 e. The van der Waals surface area contributed by atoms with Crippen molar-refractivity contribution in [3.05, 3.63) is 55.1 Å². The van der Waals surface area contributed by atoms with Gasteiger partial charge in [-0.05, 0) is 36.5 Å². The standard InChI is InChI=1S/C27H38BN2O6S/c1-6-12-35-22-10-8-20(9-11-22)15-23(28-36-18-29)26(32)30-24(14-19(3)4)25(31)16-21(27(33)34-5)17-37-13-7-2/h6-11,18-19,21,23-24,29H,1-2,12-17H2,3-5H3,(H,30,32)/t21-,23-,24-/m0/s1. The maximum atomic E-state index is 13.3. The van der Waals surface area contributed by atoms with Gasteiger partial charge in [0.25, 0.3) is 0 Å². The lowest BCUT2D eigenvalue weighted by atomic mass is 9.75. The molecule has 201 valence electrons. The summed E-state index contributed by atoms with van der Waals surface area (Å²) in [4.78, 5) is 38.8. The molecule has 1 amide bonds. The summed E-state index contributed by atoms with van der Waals surface area (Å²) < 4.78 is 15.4. The summed E-state index contributed by atoms with van der Waals surface area (Å²) in [5, 5.41) is 10.0. The second-order valence-electron chi connectivity index (χ2n) is 8.85. The molecule has 1 aromatic rings. The average Bonchev–Trinajstić information content (AvgIpc) is 2.88. The number of esters is 1. The van der Waals surface area contributed by atoms with Gasteiger partial charge in [-0.1, -0.05) is 44.7 Å². The number of carbonyl (C=O) groups excluding carboxylic acids is 3. The third-order valence-corrected chi connectivity index (χ3v) is 6.45. The van der Waals surface area contributed by atoms with Gasteiger partial charge in [-0.2, -0.15) is 11.8 Å². The number of thioether (sulfide) groups is 1. The van der Waals surface area contributed by atoms with E-state index in [9.17, 15) is 14.4 Å². The number of hydrogen-bond acceptors (Lipinski definition) is 8. The van der Waals surface area contributed by atoms with Crippen molar-refractivity contribution in [1.82, 2.24) is 5.32 Å². The number of Topliss-reactive ketones (excluding diaryl/α,β-unsaturated/α-hetero) is 1. The quantitative estimate of drug-likeness (QED) is 0.0655. The van der Waals surface area contributed by atoms with Gasteiger partial charge in [0.2, 0.25) is 5.91 Å². The average molecular weight is 529 g/mol. The summed E-state index contributed by atoms with van der Waals surface area (Å²) in [6.07, 6.45) is 4.81. The van der Waals surface area contributed by atoms with Gasteiger partial charge in [-0.3, -0.25) is 19.8 Å². The predicted octanol–water partition coefficient (Wildman–Crippen LogP) is 4.02. The topological polar surface area (TPSA) is 115 Å². The van der Waals surface area contributed by atoms with E-state index in [2.05, 4.69) is 18.5 Å². The molecule has 0 fully saturated rings. The lowest BCUT2D eigenvalue weighted by molar-refractivity contribution is -0.146. The molecule has 0 saturated carbocycles. The lowest BCUT2D eigenvalue weighted by Gasteiger charge is -2.24. The number of ketones is 1. The van der Waals surface area contributed by atoms with Crippen LogP contribution in [0.15, 0.2) is 49.6 Å². The zero-order chi connectivity index (χ0) is 27.6. The summed E-state index contributed by atoms with van der Waals surface area (Å²) in [6, 6.07) is 6.52. The van der Waals surface area contributed by atoms with E-state index in [1.807, 2.05) is 26.0 Å². The van der Waals surface area contributed by atoms with E-state index in [0.717, 1.165) is 12.0 Å². The first kappa shape index (κ1) is 32.0. The summed E-state index contributed by atoms with van der Waals surface area (Å²) in [6.45, 7) is 11.6. The minimum absolute atomic E-state index is 0.0357. The molecule has 0 saturated heterocycles. The number of ether oxygens (including phenoxy) is 2. The van der Waals surface area contributed by atoms with E-state index in [4.69, 9.17) is 19.5 Å². The summed E-state index contributed by atoms with van der Waals surface area (Å²) in [5.74, 6) is -0.560. The molecule has 0 aliphatic carbocycles. The highest BCUT2D eigenvalue weighted by Gasteiger charge is 2.31. The Bertz CT molecular complexity index is 893. The number of amides is 1. The SMILES string of the molecule is C=CCOc1ccc(C[C@H]([B]OC=N)C(=O)N[C@@H](CC(C)C)C(=O)C[C@@H](CSCC=C)C(=O)OC)cc1. The fourth-order valence-corrected chi connectivity index (χ4v) is 4.39. The first-order chi connectivity index (χ1) is 17.7.